The van der Waals surface area contributed by atoms with E-state index in [-0.39, 0.29) is 5.78 Å². The first kappa shape index (κ1) is 16.4. The molecule has 1 aliphatic carbocycles. The number of hydrogen-bond acceptors (Lipinski definition) is 1. The van der Waals surface area contributed by atoms with E-state index in [0.717, 1.165) is 25.6 Å². The van der Waals surface area contributed by atoms with Crippen LogP contribution in [0.4, 0.5) is 0 Å². The van der Waals surface area contributed by atoms with Crippen LogP contribution >= 0.6 is 31.9 Å². The van der Waals surface area contributed by atoms with Crippen molar-refractivity contribution in [3.8, 4) is 0 Å². The number of hydrogen-bond donors (Lipinski definition) is 0. The van der Waals surface area contributed by atoms with Crippen LogP contribution < -0.4 is 0 Å². The normalized spacial score (nSPS) is 20.2. The molecule has 1 atom stereocenters. The zero-order chi connectivity index (χ0) is 16.4. The summed E-state index contributed by atoms with van der Waals surface area (Å²) < 4.78 is 2.05. The maximum atomic E-state index is 12.8. The van der Waals surface area contributed by atoms with Crippen molar-refractivity contribution in [2.45, 2.75) is 18.8 Å². The van der Waals surface area contributed by atoms with E-state index in [1.165, 1.54) is 0 Å². The van der Waals surface area contributed by atoms with E-state index in [9.17, 15) is 4.79 Å². The molecule has 1 aliphatic rings. The molecule has 2 aromatic carbocycles. The summed E-state index contributed by atoms with van der Waals surface area (Å²) in [6.07, 6.45) is 6.87. The highest BCUT2D eigenvalue weighted by Crippen LogP contribution is 2.45. The summed E-state index contributed by atoms with van der Waals surface area (Å²) in [6.45, 7) is 1.69. The second-order valence-corrected chi connectivity index (χ2v) is 7.52. The van der Waals surface area contributed by atoms with Crippen molar-refractivity contribution in [3.05, 3.63) is 86.8 Å². The lowest BCUT2D eigenvalue weighted by atomic mass is 9.65. The highest BCUT2D eigenvalue weighted by Gasteiger charge is 2.41. The lowest BCUT2D eigenvalue weighted by Gasteiger charge is -2.36. The van der Waals surface area contributed by atoms with E-state index in [4.69, 9.17) is 0 Å². The first-order chi connectivity index (χ1) is 11.0. The molecule has 1 unspecified atom stereocenters. The molecule has 0 radical (unpaired) electrons. The summed E-state index contributed by atoms with van der Waals surface area (Å²) in [5.41, 5.74) is 2.55. The van der Waals surface area contributed by atoms with Gasteiger partial charge in [-0.15, -0.1) is 0 Å². The molecular formula is C20H16Br2O. The first-order valence-electron chi connectivity index (χ1n) is 7.44. The third-order valence-electron chi connectivity index (χ3n) is 4.38. The van der Waals surface area contributed by atoms with Crippen LogP contribution in [-0.2, 0) is 10.2 Å². The Morgan fingerprint density at radius 3 is 2.09 bits per heavy atom. The number of ketones is 1. The van der Waals surface area contributed by atoms with Gasteiger partial charge in [0.1, 0.15) is 5.78 Å². The van der Waals surface area contributed by atoms with Gasteiger partial charge in [-0.2, -0.15) is 0 Å². The number of rotatable bonds is 3. The molecule has 0 N–H and O–H groups in total. The van der Waals surface area contributed by atoms with Gasteiger partial charge in [0.25, 0.3) is 0 Å². The van der Waals surface area contributed by atoms with E-state index < -0.39 is 5.41 Å². The molecule has 0 bridgehead atoms. The molecule has 0 heterocycles. The number of carbonyl (C=O) groups excluding carboxylic acids is 1. The van der Waals surface area contributed by atoms with E-state index in [1.54, 1.807) is 6.92 Å². The van der Waals surface area contributed by atoms with Crippen LogP contribution in [0, 0.1) is 0 Å². The van der Waals surface area contributed by atoms with E-state index >= 15 is 0 Å². The van der Waals surface area contributed by atoms with E-state index in [1.807, 2.05) is 42.5 Å². The molecule has 0 aromatic heterocycles. The Morgan fingerprint density at radius 1 is 0.957 bits per heavy atom. The molecule has 0 saturated carbocycles. The average Bonchev–Trinajstić information content (AvgIpc) is 2.56. The van der Waals surface area contributed by atoms with Crippen LogP contribution in [0.3, 0.4) is 0 Å². The average molecular weight is 432 g/mol. The van der Waals surface area contributed by atoms with Gasteiger partial charge in [0, 0.05) is 8.95 Å². The van der Waals surface area contributed by atoms with Crippen molar-refractivity contribution >= 4 is 43.2 Å². The van der Waals surface area contributed by atoms with Crippen molar-refractivity contribution in [1.29, 1.82) is 0 Å². The van der Waals surface area contributed by atoms with Crippen molar-refractivity contribution in [2.75, 3.05) is 0 Å². The Morgan fingerprint density at radius 2 is 1.52 bits per heavy atom. The summed E-state index contributed by atoms with van der Waals surface area (Å²) in [5.74, 6) is 0.165. The van der Waals surface area contributed by atoms with Crippen LogP contribution in [0.1, 0.15) is 24.5 Å². The number of halogens is 2. The van der Waals surface area contributed by atoms with Crippen molar-refractivity contribution < 1.29 is 4.79 Å². The number of allylic oxidation sites excluding steroid dienone is 4. The monoisotopic (exact) mass is 430 g/mol. The fourth-order valence-corrected chi connectivity index (χ4v) is 3.71. The Balaban J connectivity index is 2.20. The van der Waals surface area contributed by atoms with E-state index in [2.05, 4.69) is 56.1 Å². The molecule has 3 heteroatoms. The quantitative estimate of drug-likeness (QED) is 0.575. The third-order valence-corrected chi connectivity index (χ3v) is 5.43. The van der Waals surface area contributed by atoms with E-state index in [0.29, 0.717) is 6.42 Å². The van der Waals surface area contributed by atoms with Gasteiger partial charge in [0.05, 0.1) is 5.41 Å². The largest absolute Gasteiger partial charge is 0.299 e. The van der Waals surface area contributed by atoms with Crippen LogP contribution in [0.5, 0.6) is 0 Å². The minimum absolute atomic E-state index is 0.165. The molecule has 0 saturated heterocycles. The predicted molar refractivity (Wildman–Crippen MR) is 102 cm³/mol. The fourth-order valence-electron chi connectivity index (χ4n) is 3.18. The lowest BCUT2D eigenvalue weighted by molar-refractivity contribution is -0.120. The summed E-state index contributed by atoms with van der Waals surface area (Å²) in [7, 11) is 0. The molecule has 0 fully saturated rings. The third kappa shape index (κ3) is 3.00. The zero-order valence-electron chi connectivity index (χ0n) is 12.7. The number of Topliss-reactive ketones (excluding diaryl/α,β-unsaturated/α-hetero) is 1. The summed E-state index contributed by atoms with van der Waals surface area (Å²) >= 11 is 6.95. The number of carbonyl (C=O) groups is 1. The van der Waals surface area contributed by atoms with Gasteiger partial charge in [-0.1, -0.05) is 74.4 Å². The molecule has 1 nitrogen and oxygen atoms in total. The smallest absolute Gasteiger partial charge is 0.145 e. The Labute approximate surface area is 153 Å². The second kappa shape index (κ2) is 6.58. The SMILES string of the molecule is CC(=O)C1(c2ccc(Br)cc2)CC=CC=C1c1ccc(Br)cc1. The maximum Gasteiger partial charge on any atom is 0.145 e. The molecule has 3 rings (SSSR count). The molecule has 0 aliphatic heterocycles. The van der Waals surface area contributed by atoms with Gasteiger partial charge in [0.15, 0.2) is 0 Å². The predicted octanol–water partition coefficient (Wildman–Crippen LogP) is 6.08. The van der Waals surface area contributed by atoms with Crippen LogP contribution in [-0.4, -0.2) is 5.78 Å². The van der Waals surface area contributed by atoms with Gasteiger partial charge in [-0.05, 0) is 54.3 Å². The minimum atomic E-state index is -0.622. The van der Waals surface area contributed by atoms with Gasteiger partial charge in [-0.25, -0.2) is 0 Å². The van der Waals surface area contributed by atoms with Crippen LogP contribution in [0.25, 0.3) is 5.57 Å². The number of benzene rings is 2. The van der Waals surface area contributed by atoms with Crippen LogP contribution in [0.2, 0.25) is 0 Å². The Bertz CT molecular complexity index is 785. The molecular weight excluding hydrogens is 416 g/mol. The van der Waals surface area contributed by atoms with Crippen LogP contribution in [0.15, 0.2) is 75.7 Å². The van der Waals surface area contributed by atoms with Gasteiger partial charge >= 0.3 is 0 Å². The summed E-state index contributed by atoms with van der Waals surface area (Å²) in [6, 6.07) is 16.2. The summed E-state index contributed by atoms with van der Waals surface area (Å²) in [4.78, 5) is 12.8. The standard InChI is InChI=1S/C20H16Br2O/c1-14(23)20(16-7-11-18(22)12-8-16)13-3-2-4-19(20)15-5-9-17(21)10-6-15/h2-12H,13H2,1H3. The molecule has 116 valence electrons. The second-order valence-electron chi connectivity index (χ2n) is 5.69. The zero-order valence-corrected chi connectivity index (χ0v) is 15.9. The van der Waals surface area contributed by atoms with Crippen molar-refractivity contribution in [2.24, 2.45) is 0 Å². The molecule has 23 heavy (non-hydrogen) atoms. The van der Waals surface area contributed by atoms with Crippen molar-refractivity contribution in [3.63, 3.8) is 0 Å². The first-order valence-corrected chi connectivity index (χ1v) is 9.03. The summed E-state index contributed by atoms with van der Waals surface area (Å²) in [5, 5.41) is 0. The van der Waals surface area contributed by atoms with Gasteiger partial charge in [0.2, 0.25) is 0 Å². The van der Waals surface area contributed by atoms with Gasteiger partial charge < -0.3 is 0 Å². The minimum Gasteiger partial charge on any atom is -0.299 e. The topological polar surface area (TPSA) is 17.1 Å². The highest BCUT2D eigenvalue weighted by atomic mass is 79.9. The highest BCUT2D eigenvalue weighted by molar-refractivity contribution is 9.10. The van der Waals surface area contributed by atoms with Crippen molar-refractivity contribution in [1.82, 2.24) is 0 Å². The Hall–Kier alpha value is -1.45. The maximum absolute atomic E-state index is 12.8. The lowest BCUT2D eigenvalue weighted by Crippen LogP contribution is -2.36. The molecule has 2 aromatic rings. The fraction of sp³-hybridized carbons (Fsp3) is 0.150. The van der Waals surface area contributed by atoms with Gasteiger partial charge in [-0.3, -0.25) is 4.79 Å². The Kier molecular flexibility index (Phi) is 4.69. The molecule has 0 amide bonds. The molecule has 0 spiro atoms.